The smallest absolute Gasteiger partial charge is 0.250 e. The van der Waals surface area contributed by atoms with Gasteiger partial charge in [-0.05, 0) is 12.5 Å². The largest absolute Gasteiger partial charge is 0.350 e. The van der Waals surface area contributed by atoms with Gasteiger partial charge in [0.15, 0.2) is 5.37 Å². The molecule has 2 rings (SSSR count). The highest BCUT2D eigenvalue weighted by Crippen LogP contribution is 2.21. The molecule has 108 valence electrons. The van der Waals surface area contributed by atoms with Crippen LogP contribution in [0.2, 0.25) is 0 Å². The Morgan fingerprint density at radius 1 is 1.58 bits per heavy atom. The lowest BCUT2D eigenvalue weighted by atomic mass is 10.1. The topological polar surface area (TPSA) is 52.6 Å². The maximum atomic E-state index is 11.8. The number of thioether (sulfide) groups is 1. The van der Waals surface area contributed by atoms with Crippen LogP contribution in [0, 0.1) is 6.92 Å². The zero-order chi connectivity index (χ0) is 14.3. The van der Waals surface area contributed by atoms with E-state index in [9.17, 15) is 10.0 Å². The molecule has 5 heteroatoms. The van der Waals surface area contributed by atoms with Gasteiger partial charge in [-0.1, -0.05) is 43.7 Å². The minimum absolute atomic E-state index is 0. The molecule has 1 aliphatic rings. The fourth-order valence-electron chi connectivity index (χ4n) is 1.77. The van der Waals surface area contributed by atoms with Crippen molar-refractivity contribution in [3.05, 3.63) is 35.4 Å². The van der Waals surface area contributed by atoms with E-state index in [1.165, 1.54) is 17.3 Å². The molecule has 1 atom stereocenters. The standard InChI is InChI=1S/C12H16N2O2S.C2H6.H2/c1-9-3-2-4-10(7-9)8-13-11(15)12-14(16)5-6-17-12;1-2;/h2-4,7,12,16H,5-6,8H2,1H3,(H,13,15);1-2H3;1H/t12-;;/m0../s1. The first-order valence-corrected chi connectivity index (χ1v) is 7.62. The SMILES string of the molecule is CC.Cc1cccc(CNC(=O)[C@@H]2SCCN2O)c1.[HH]. The third kappa shape index (κ3) is 4.86. The summed E-state index contributed by atoms with van der Waals surface area (Å²) in [5.74, 6) is 0.662. The lowest BCUT2D eigenvalue weighted by molar-refractivity contribution is -0.139. The highest BCUT2D eigenvalue weighted by Gasteiger charge is 2.29. The molecular weight excluding hydrogens is 260 g/mol. The van der Waals surface area contributed by atoms with Crippen molar-refractivity contribution in [3.8, 4) is 0 Å². The van der Waals surface area contributed by atoms with E-state index in [4.69, 9.17) is 0 Å². The minimum Gasteiger partial charge on any atom is -0.350 e. The predicted molar refractivity (Wildman–Crippen MR) is 81.2 cm³/mol. The van der Waals surface area contributed by atoms with Gasteiger partial charge in [-0.15, -0.1) is 11.8 Å². The molecular formula is C14H24N2O2S. The van der Waals surface area contributed by atoms with Crippen LogP contribution in [0.25, 0.3) is 0 Å². The van der Waals surface area contributed by atoms with E-state index in [1.54, 1.807) is 0 Å². The molecule has 0 radical (unpaired) electrons. The Morgan fingerprint density at radius 3 is 2.89 bits per heavy atom. The van der Waals surface area contributed by atoms with Crippen molar-refractivity contribution in [2.45, 2.75) is 32.7 Å². The van der Waals surface area contributed by atoms with Gasteiger partial charge in [-0.2, -0.15) is 5.06 Å². The number of rotatable bonds is 3. The van der Waals surface area contributed by atoms with Crippen LogP contribution in [-0.4, -0.2) is 33.8 Å². The van der Waals surface area contributed by atoms with Gasteiger partial charge < -0.3 is 10.5 Å². The summed E-state index contributed by atoms with van der Waals surface area (Å²) in [5.41, 5.74) is 2.25. The van der Waals surface area contributed by atoms with Crippen molar-refractivity contribution in [2.75, 3.05) is 12.3 Å². The molecule has 0 aromatic heterocycles. The average molecular weight is 284 g/mol. The highest BCUT2D eigenvalue weighted by molar-refractivity contribution is 8.00. The van der Waals surface area contributed by atoms with Crippen molar-refractivity contribution >= 4 is 17.7 Å². The van der Waals surface area contributed by atoms with Gasteiger partial charge >= 0.3 is 0 Å². The first kappa shape index (κ1) is 16.0. The Kier molecular flexibility index (Phi) is 6.91. The van der Waals surface area contributed by atoms with Crippen molar-refractivity contribution in [1.82, 2.24) is 10.4 Å². The van der Waals surface area contributed by atoms with E-state index in [2.05, 4.69) is 5.32 Å². The zero-order valence-corrected chi connectivity index (χ0v) is 12.5. The fraction of sp³-hybridized carbons (Fsp3) is 0.500. The lowest BCUT2D eigenvalue weighted by Gasteiger charge is -2.16. The number of hydroxylamine groups is 2. The second-order valence-corrected chi connectivity index (χ2v) is 5.28. The van der Waals surface area contributed by atoms with Gasteiger partial charge in [0, 0.05) is 20.3 Å². The van der Waals surface area contributed by atoms with Crippen LogP contribution < -0.4 is 5.32 Å². The number of benzene rings is 1. The first-order chi connectivity index (χ1) is 9.16. The van der Waals surface area contributed by atoms with Gasteiger partial charge in [0.2, 0.25) is 5.91 Å². The molecule has 1 heterocycles. The van der Waals surface area contributed by atoms with Gasteiger partial charge in [0.25, 0.3) is 0 Å². The summed E-state index contributed by atoms with van der Waals surface area (Å²) in [5, 5.41) is 12.9. The van der Waals surface area contributed by atoms with E-state index in [-0.39, 0.29) is 7.33 Å². The molecule has 0 spiro atoms. The monoisotopic (exact) mass is 284 g/mol. The third-order valence-electron chi connectivity index (χ3n) is 2.64. The van der Waals surface area contributed by atoms with Crippen molar-refractivity contribution < 1.29 is 11.4 Å². The van der Waals surface area contributed by atoms with Gasteiger partial charge in [-0.3, -0.25) is 4.79 Å². The van der Waals surface area contributed by atoms with Crippen LogP contribution in [-0.2, 0) is 11.3 Å². The minimum atomic E-state index is -0.459. The number of aryl methyl sites for hydroxylation is 1. The Hall–Kier alpha value is -1.04. The average Bonchev–Trinajstić information content (AvgIpc) is 2.85. The molecule has 0 bridgehead atoms. The highest BCUT2D eigenvalue weighted by atomic mass is 32.2. The van der Waals surface area contributed by atoms with Gasteiger partial charge in [-0.25, -0.2) is 0 Å². The number of carbonyl (C=O) groups is 1. The molecule has 1 fully saturated rings. The lowest BCUT2D eigenvalue weighted by Crippen LogP contribution is -2.39. The maximum absolute atomic E-state index is 11.8. The van der Waals surface area contributed by atoms with E-state index in [0.29, 0.717) is 13.1 Å². The first-order valence-electron chi connectivity index (χ1n) is 6.57. The molecule has 1 aromatic carbocycles. The van der Waals surface area contributed by atoms with Crippen LogP contribution in [0.3, 0.4) is 0 Å². The van der Waals surface area contributed by atoms with Crippen molar-refractivity contribution in [3.63, 3.8) is 0 Å². The molecule has 1 aliphatic heterocycles. The summed E-state index contributed by atoms with van der Waals surface area (Å²) in [6.45, 7) is 7.08. The predicted octanol–water partition coefficient (Wildman–Crippen LogP) is 2.65. The Morgan fingerprint density at radius 2 is 2.32 bits per heavy atom. The summed E-state index contributed by atoms with van der Waals surface area (Å²) < 4.78 is 0. The normalized spacial score (nSPS) is 18.6. The van der Waals surface area contributed by atoms with Crippen LogP contribution >= 0.6 is 11.8 Å². The van der Waals surface area contributed by atoms with Crippen molar-refractivity contribution in [1.29, 1.82) is 0 Å². The van der Waals surface area contributed by atoms with Crippen LogP contribution in [0.4, 0.5) is 0 Å². The molecule has 1 aromatic rings. The summed E-state index contributed by atoms with van der Waals surface area (Å²) in [6.07, 6.45) is 0. The number of nitrogens with one attached hydrogen (secondary N) is 1. The van der Waals surface area contributed by atoms with Gasteiger partial charge in [0.05, 0.1) is 0 Å². The Bertz CT molecular complexity index is 418. The van der Waals surface area contributed by atoms with E-state index in [1.807, 2.05) is 45.0 Å². The van der Waals surface area contributed by atoms with Gasteiger partial charge in [0.1, 0.15) is 0 Å². The molecule has 0 saturated carbocycles. The van der Waals surface area contributed by atoms with E-state index >= 15 is 0 Å². The third-order valence-corrected chi connectivity index (χ3v) is 3.83. The summed E-state index contributed by atoms with van der Waals surface area (Å²) in [4.78, 5) is 11.8. The quantitative estimate of drug-likeness (QED) is 0.896. The number of amides is 1. The molecule has 0 aliphatic carbocycles. The molecule has 1 saturated heterocycles. The molecule has 1 amide bonds. The van der Waals surface area contributed by atoms with Crippen LogP contribution in [0.15, 0.2) is 24.3 Å². The van der Waals surface area contributed by atoms with Crippen LogP contribution in [0.5, 0.6) is 0 Å². The molecule has 0 unspecified atom stereocenters. The van der Waals surface area contributed by atoms with E-state index in [0.717, 1.165) is 16.4 Å². The van der Waals surface area contributed by atoms with Crippen molar-refractivity contribution in [2.24, 2.45) is 0 Å². The second kappa shape index (κ2) is 8.19. The zero-order valence-electron chi connectivity index (χ0n) is 11.7. The summed E-state index contributed by atoms with van der Waals surface area (Å²) >= 11 is 1.46. The number of hydrogen-bond acceptors (Lipinski definition) is 4. The van der Waals surface area contributed by atoms with Crippen LogP contribution in [0.1, 0.15) is 26.4 Å². The maximum Gasteiger partial charge on any atom is 0.250 e. The Labute approximate surface area is 120 Å². The fourth-order valence-corrected chi connectivity index (χ4v) is 2.80. The number of hydrogen-bond donors (Lipinski definition) is 2. The summed E-state index contributed by atoms with van der Waals surface area (Å²) in [7, 11) is 0. The number of carbonyl (C=O) groups excluding carboxylic acids is 1. The second-order valence-electron chi connectivity index (χ2n) is 4.09. The number of nitrogens with zero attached hydrogens (tertiary/aromatic N) is 1. The molecule has 2 N–H and O–H groups in total. The van der Waals surface area contributed by atoms with E-state index < -0.39 is 5.37 Å². The Balaban J connectivity index is 0.00000115. The molecule has 19 heavy (non-hydrogen) atoms. The summed E-state index contributed by atoms with van der Waals surface area (Å²) in [6, 6.07) is 8.01. The molecule has 4 nitrogen and oxygen atoms in total.